The summed E-state index contributed by atoms with van der Waals surface area (Å²) in [4.78, 5) is 25.6. The van der Waals surface area contributed by atoms with Gasteiger partial charge >= 0.3 is 5.97 Å². The molecule has 1 fully saturated rings. The van der Waals surface area contributed by atoms with Crippen LogP contribution in [0.4, 0.5) is 0 Å². The number of amides is 1. The van der Waals surface area contributed by atoms with E-state index in [0.29, 0.717) is 18.4 Å². The van der Waals surface area contributed by atoms with E-state index < -0.39 is 0 Å². The van der Waals surface area contributed by atoms with Gasteiger partial charge in [-0.15, -0.1) is 0 Å². The molecule has 2 unspecified atom stereocenters. The number of likely N-dealkylation sites (tertiary alicyclic amines) is 1. The van der Waals surface area contributed by atoms with Crippen LogP contribution in [-0.2, 0) is 14.3 Å². The first-order chi connectivity index (χ1) is 9.83. The Morgan fingerprint density at radius 3 is 2.43 bits per heavy atom. The van der Waals surface area contributed by atoms with Crippen molar-refractivity contribution >= 4 is 11.9 Å². The highest BCUT2D eigenvalue weighted by Crippen LogP contribution is 2.23. The average molecular weight is 298 g/mol. The molecule has 21 heavy (non-hydrogen) atoms. The van der Waals surface area contributed by atoms with Crippen LogP contribution in [0.2, 0.25) is 0 Å². The molecule has 1 aliphatic heterocycles. The fourth-order valence-corrected chi connectivity index (χ4v) is 2.77. The van der Waals surface area contributed by atoms with Gasteiger partial charge in [0.15, 0.2) is 0 Å². The molecule has 0 spiro atoms. The normalized spacial score (nSPS) is 23.4. The number of ether oxygens (including phenoxy) is 1. The van der Waals surface area contributed by atoms with Crippen LogP contribution in [0.3, 0.4) is 0 Å². The van der Waals surface area contributed by atoms with Gasteiger partial charge in [0.1, 0.15) is 0 Å². The molecule has 122 valence electrons. The van der Waals surface area contributed by atoms with E-state index in [1.165, 1.54) is 7.11 Å². The van der Waals surface area contributed by atoms with Crippen molar-refractivity contribution in [3.63, 3.8) is 0 Å². The molecule has 1 saturated heterocycles. The lowest BCUT2D eigenvalue weighted by atomic mass is 9.89. The number of rotatable bonds is 6. The highest BCUT2D eigenvalue weighted by atomic mass is 16.5. The van der Waals surface area contributed by atoms with Crippen LogP contribution in [0, 0.1) is 11.8 Å². The Hall–Kier alpha value is -1.10. The largest absolute Gasteiger partial charge is 0.469 e. The van der Waals surface area contributed by atoms with Gasteiger partial charge in [0, 0.05) is 37.5 Å². The third-order valence-electron chi connectivity index (χ3n) is 4.15. The van der Waals surface area contributed by atoms with Crippen LogP contribution in [-0.4, -0.2) is 49.1 Å². The van der Waals surface area contributed by atoms with E-state index in [2.05, 4.69) is 24.1 Å². The highest BCUT2D eigenvalue weighted by molar-refractivity contribution is 5.78. The van der Waals surface area contributed by atoms with Gasteiger partial charge in [-0.2, -0.15) is 0 Å². The number of nitrogens with zero attached hydrogens (tertiary/aromatic N) is 1. The highest BCUT2D eigenvalue weighted by Gasteiger charge is 2.30. The molecule has 0 aromatic heterocycles. The molecule has 5 heteroatoms. The van der Waals surface area contributed by atoms with Crippen LogP contribution in [0.15, 0.2) is 0 Å². The maximum atomic E-state index is 11.9. The van der Waals surface area contributed by atoms with Crippen molar-refractivity contribution in [3.8, 4) is 0 Å². The molecule has 0 aromatic carbocycles. The molecule has 2 atom stereocenters. The molecule has 5 nitrogen and oxygen atoms in total. The SMILES string of the molecule is COC(=O)CCC1CC(NC(=O)C(C)C)CN(C(C)C)C1. The average Bonchev–Trinajstić information content (AvgIpc) is 2.44. The zero-order chi connectivity index (χ0) is 16.0. The predicted octanol–water partition coefficient (Wildman–Crippen LogP) is 1.81. The Morgan fingerprint density at radius 1 is 1.24 bits per heavy atom. The molecule has 0 aromatic rings. The first kappa shape index (κ1) is 18.0. The predicted molar refractivity (Wildman–Crippen MR) is 82.8 cm³/mol. The van der Waals surface area contributed by atoms with Crippen molar-refractivity contribution in [2.75, 3.05) is 20.2 Å². The zero-order valence-electron chi connectivity index (χ0n) is 14.0. The Labute approximate surface area is 128 Å². The smallest absolute Gasteiger partial charge is 0.305 e. The van der Waals surface area contributed by atoms with Crippen molar-refractivity contribution in [1.29, 1.82) is 0 Å². The van der Waals surface area contributed by atoms with E-state index in [-0.39, 0.29) is 23.8 Å². The summed E-state index contributed by atoms with van der Waals surface area (Å²) in [5, 5.41) is 3.14. The lowest BCUT2D eigenvalue weighted by Crippen LogP contribution is -2.53. The summed E-state index contributed by atoms with van der Waals surface area (Å²) < 4.78 is 4.72. The number of nitrogens with one attached hydrogen (secondary N) is 1. The molecule has 1 aliphatic rings. The van der Waals surface area contributed by atoms with Crippen molar-refractivity contribution in [1.82, 2.24) is 10.2 Å². The topological polar surface area (TPSA) is 58.6 Å². The standard InChI is InChI=1S/C16H30N2O3/c1-11(2)16(20)17-14-8-13(6-7-15(19)21-5)9-18(10-14)12(3)4/h11-14H,6-10H2,1-5H3,(H,17,20). The number of piperidine rings is 1. The van der Waals surface area contributed by atoms with Crippen molar-refractivity contribution < 1.29 is 14.3 Å². The summed E-state index contributed by atoms with van der Waals surface area (Å²) in [5.41, 5.74) is 0. The molecular formula is C16H30N2O3. The molecule has 0 radical (unpaired) electrons. The van der Waals surface area contributed by atoms with E-state index in [4.69, 9.17) is 4.74 Å². The number of hydrogen-bond acceptors (Lipinski definition) is 4. The van der Waals surface area contributed by atoms with Gasteiger partial charge in [0.2, 0.25) is 5.91 Å². The maximum Gasteiger partial charge on any atom is 0.305 e. The third-order valence-corrected chi connectivity index (χ3v) is 4.15. The number of carbonyl (C=O) groups excluding carboxylic acids is 2. The Balaban J connectivity index is 2.59. The van der Waals surface area contributed by atoms with Gasteiger partial charge in [-0.25, -0.2) is 0 Å². The van der Waals surface area contributed by atoms with Crippen LogP contribution < -0.4 is 5.32 Å². The molecule has 0 aliphatic carbocycles. The molecule has 1 amide bonds. The maximum absolute atomic E-state index is 11.9. The Kier molecular flexibility index (Phi) is 7.15. The van der Waals surface area contributed by atoms with Crippen molar-refractivity contribution in [2.45, 2.75) is 59.0 Å². The quantitative estimate of drug-likeness (QED) is 0.760. The van der Waals surface area contributed by atoms with E-state index in [0.717, 1.165) is 25.9 Å². The van der Waals surface area contributed by atoms with E-state index in [1.54, 1.807) is 0 Å². The lowest BCUT2D eigenvalue weighted by molar-refractivity contribution is -0.141. The van der Waals surface area contributed by atoms with E-state index in [1.807, 2.05) is 13.8 Å². The Morgan fingerprint density at radius 2 is 1.90 bits per heavy atom. The minimum absolute atomic E-state index is 0.00736. The summed E-state index contributed by atoms with van der Waals surface area (Å²) >= 11 is 0. The fraction of sp³-hybridized carbons (Fsp3) is 0.875. The van der Waals surface area contributed by atoms with Crippen LogP contribution >= 0.6 is 0 Å². The van der Waals surface area contributed by atoms with Crippen molar-refractivity contribution in [3.05, 3.63) is 0 Å². The zero-order valence-corrected chi connectivity index (χ0v) is 14.0. The van der Waals surface area contributed by atoms with Gasteiger partial charge < -0.3 is 10.1 Å². The number of esters is 1. The summed E-state index contributed by atoms with van der Waals surface area (Å²) in [6, 6.07) is 0.628. The van der Waals surface area contributed by atoms with Gasteiger partial charge in [-0.1, -0.05) is 13.8 Å². The molecule has 0 bridgehead atoms. The van der Waals surface area contributed by atoms with Crippen LogP contribution in [0.1, 0.15) is 47.0 Å². The number of methoxy groups -OCH3 is 1. The van der Waals surface area contributed by atoms with Crippen molar-refractivity contribution in [2.24, 2.45) is 11.8 Å². The lowest BCUT2D eigenvalue weighted by Gasteiger charge is -2.40. The minimum Gasteiger partial charge on any atom is -0.469 e. The monoisotopic (exact) mass is 298 g/mol. The fourth-order valence-electron chi connectivity index (χ4n) is 2.77. The second-order valence-electron chi connectivity index (χ2n) is 6.62. The summed E-state index contributed by atoms with van der Waals surface area (Å²) in [6.07, 6.45) is 2.22. The molecule has 1 N–H and O–H groups in total. The van der Waals surface area contributed by atoms with Crippen LogP contribution in [0.25, 0.3) is 0 Å². The van der Waals surface area contributed by atoms with Gasteiger partial charge in [-0.05, 0) is 32.6 Å². The minimum atomic E-state index is -0.153. The van der Waals surface area contributed by atoms with Gasteiger partial charge in [-0.3, -0.25) is 14.5 Å². The van der Waals surface area contributed by atoms with Gasteiger partial charge in [0.05, 0.1) is 7.11 Å². The molecule has 1 heterocycles. The third kappa shape index (κ3) is 6.04. The molecule has 0 saturated carbocycles. The number of carbonyl (C=O) groups is 2. The van der Waals surface area contributed by atoms with E-state index in [9.17, 15) is 9.59 Å². The summed E-state index contributed by atoms with van der Waals surface area (Å²) in [5.74, 6) is 0.391. The van der Waals surface area contributed by atoms with Gasteiger partial charge in [0.25, 0.3) is 0 Å². The Bertz CT molecular complexity index is 355. The van der Waals surface area contributed by atoms with E-state index >= 15 is 0 Å². The molecule has 1 rings (SSSR count). The second-order valence-corrected chi connectivity index (χ2v) is 6.62. The summed E-state index contributed by atoms with van der Waals surface area (Å²) in [6.45, 7) is 10.0. The first-order valence-corrected chi connectivity index (χ1v) is 7.94. The number of hydrogen-bond donors (Lipinski definition) is 1. The summed E-state index contributed by atoms with van der Waals surface area (Å²) in [7, 11) is 1.43. The second kappa shape index (κ2) is 8.37. The van der Waals surface area contributed by atoms with Crippen LogP contribution in [0.5, 0.6) is 0 Å². The molecular weight excluding hydrogens is 268 g/mol. The first-order valence-electron chi connectivity index (χ1n) is 7.94.